The van der Waals surface area contributed by atoms with Crippen LogP contribution in [0, 0.1) is 0 Å². The van der Waals surface area contributed by atoms with Gasteiger partial charge in [-0.3, -0.25) is 4.48 Å². The van der Waals surface area contributed by atoms with Crippen LogP contribution < -0.4 is 16.9 Å². The van der Waals surface area contributed by atoms with E-state index in [1.165, 1.54) is 16.8 Å². The average molecular weight is 238 g/mol. The van der Waals surface area contributed by atoms with Gasteiger partial charge in [-0.1, -0.05) is 31.4 Å². The highest BCUT2D eigenvalue weighted by atomic mass is 35.5. The van der Waals surface area contributed by atoms with Gasteiger partial charge in [0.2, 0.25) is 0 Å². The van der Waals surface area contributed by atoms with E-state index in [1.54, 1.807) is 0 Å². The SMILES string of the molecule is C=Cc1ccccc1[N+](C)(C)CC(=C)C.[Cl-]. The van der Waals surface area contributed by atoms with Gasteiger partial charge in [0, 0.05) is 5.56 Å². The minimum absolute atomic E-state index is 0. The molecule has 0 unspecified atom stereocenters. The van der Waals surface area contributed by atoms with Gasteiger partial charge < -0.3 is 12.4 Å². The molecule has 0 N–H and O–H groups in total. The van der Waals surface area contributed by atoms with Crippen LogP contribution in [0.3, 0.4) is 0 Å². The lowest BCUT2D eigenvalue weighted by molar-refractivity contribution is -0.00000341. The third-order valence-corrected chi connectivity index (χ3v) is 2.47. The number of para-hydroxylation sites is 1. The summed E-state index contributed by atoms with van der Waals surface area (Å²) in [6.45, 7) is 10.8. The van der Waals surface area contributed by atoms with Crippen LogP contribution in [0.4, 0.5) is 5.69 Å². The van der Waals surface area contributed by atoms with E-state index in [4.69, 9.17) is 0 Å². The molecule has 0 aliphatic heterocycles. The number of hydrogen-bond donors (Lipinski definition) is 0. The first-order chi connectivity index (χ1) is 6.97. The lowest BCUT2D eigenvalue weighted by atomic mass is 10.1. The predicted octanol–water partition coefficient (Wildman–Crippen LogP) is 0.477. The van der Waals surface area contributed by atoms with Gasteiger partial charge in [0.1, 0.15) is 12.2 Å². The molecule has 1 aromatic carbocycles. The Kier molecular flexibility index (Phi) is 5.49. The Labute approximate surface area is 105 Å². The van der Waals surface area contributed by atoms with Gasteiger partial charge in [0.05, 0.1) is 14.1 Å². The molecule has 1 rings (SSSR count). The lowest BCUT2D eigenvalue weighted by Crippen LogP contribution is -3.00. The van der Waals surface area contributed by atoms with E-state index in [9.17, 15) is 0 Å². The molecule has 0 radical (unpaired) electrons. The second-order valence-corrected chi connectivity index (χ2v) is 4.56. The molecule has 0 atom stereocenters. The van der Waals surface area contributed by atoms with E-state index in [2.05, 4.69) is 52.4 Å². The van der Waals surface area contributed by atoms with Gasteiger partial charge in [0.15, 0.2) is 0 Å². The Balaban J connectivity index is 0.00000225. The average Bonchev–Trinajstić information content (AvgIpc) is 2.16. The predicted molar refractivity (Wildman–Crippen MR) is 69.9 cm³/mol. The summed E-state index contributed by atoms with van der Waals surface area (Å²) in [4.78, 5) is 0. The summed E-state index contributed by atoms with van der Waals surface area (Å²) in [6, 6.07) is 8.36. The minimum Gasteiger partial charge on any atom is -1.00 e. The van der Waals surface area contributed by atoms with Crippen molar-refractivity contribution in [1.82, 2.24) is 4.48 Å². The molecular formula is C14H20ClN. The van der Waals surface area contributed by atoms with Crippen LogP contribution in [0.5, 0.6) is 0 Å². The van der Waals surface area contributed by atoms with Crippen molar-refractivity contribution in [2.75, 3.05) is 20.6 Å². The zero-order valence-corrected chi connectivity index (χ0v) is 11.1. The third-order valence-electron chi connectivity index (χ3n) is 2.47. The highest BCUT2D eigenvalue weighted by molar-refractivity contribution is 5.64. The molecule has 1 aromatic rings. The molecule has 0 heterocycles. The highest BCUT2D eigenvalue weighted by Crippen LogP contribution is 2.25. The number of quaternary nitrogens is 1. The van der Waals surface area contributed by atoms with Crippen molar-refractivity contribution in [2.24, 2.45) is 0 Å². The fourth-order valence-electron chi connectivity index (χ4n) is 1.97. The normalized spacial score (nSPS) is 10.4. The van der Waals surface area contributed by atoms with Crippen LogP contribution in [-0.2, 0) is 0 Å². The van der Waals surface area contributed by atoms with Gasteiger partial charge in [-0.25, -0.2) is 0 Å². The van der Waals surface area contributed by atoms with E-state index in [0.29, 0.717) is 0 Å². The summed E-state index contributed by atoms with van der Waals surface area (Å²) < 4.78 is 0.817. The maximum absolute atomic E-state index is 3.98. The Morgan fingerprint density at radius 1 is 1.31 bits per heavy atom. The molecule has 1 nitrogen and oxygen atoms in total. The summed E-state index contributed by atoms with van der Waals surface area (Å²) in [6.07, 6.45) is 1.91. The summed E-state index contributed by atoms with van der Waals surface area (Å²) in [5.41, 5.74) is 3.68. The van der Waals surface area contributed by atoms with Crippen molar-refractivity contribution >= 4 is 11.8 Å². The maximum Gasteiger partial charge on any atom is 0.139 e. The first-order valence-corrected chi connectivity index (χ1v) is 5.17. The molecular weight excluding hydrogens is 218 g/mol. The fourth-order valence-corrected chi connectivity index (χ4v) is 1.97. The monoisotopic (exact) mass is 237 g/mol. The minimum atomic E-state index is 0. The molecule has 16 heavy (non-hydrogen) atoms. The first-order valence-electron chi connectivity index (χ1n) is 5.17. The number of hydrogen-bond acceptors (Lipinski definition) is 0. The van der Waals surface area contributed by atoms with E-state index >= 15 is 0 Å². The van der Waals surface area contributed by atoms with E-state index in [1.807, 2.05) is 12.1 Å². The molecule has 0 aliphatic rings. The van der Waals surface area contributed by atoms with Crippen LogP contribution >= 0.6 is 0 Å². The molecule has 0 bridgehead atoms. The second kappa shape index (κ2) is 5.88. The van der Waals surface area contributed by atoms with Gasteiger partial charge in [0.25, 0.3) is 0 Å². The Morgan fingerprint density at radius 3 is 2.38 bits per heavy atom. The van der Waals surface area contributed by atoms with Gasteiger partial charge in [-0.15, -0.1) is 0 Å². The summed E-state index contributed by atoms with van der Waals surface area (Å²) in [5, 5.41) is 0. The molecule has 0 saturated heterocycles. The molecule has 0 spiro atoms. The van der Waals surface area contributed by atoms with Gasteiger partial charge in [-0.2, -0.15) is 0 Å². The molecule has 2 heteroatoms. The number of halogens is 1. The van der Waals surface area contributed by atoms with Crippen LogP contribution in [0.25, 0.3) is 6.08 Å². The Hall–Kier alpha value is -1.05. The fraction of sp³-hybridized carbons (Fsp3) is 0.286. The van der Waals surface area contributed by atoms with Crippen molar-refractivity contribution in [3.8, 4) is 0 Å². The van der Waals surface area contributed by atoms with Crippen molar-refractivity contribution in [2.45, 2.75) is 6.92 Å². The van der Waals surface area contributed by atoms with Crippen molar-refractivity contribution in [3.63, 3.8) is 0 Å². The first kappa shape index (κ1) is 14.9. The standard InChI is InChI=1S/C14H20N.ClH/c1-6-13-9-7-8-10-14(13)15(4,5)11-12(2)3;/h6-10H,1-2,11H2,3-5H3;1H/q+1;/p-1. The molecule has 0 amide bonds. The van der Waals surface area contributed by atoms with Gasteiger partial charge in [-0.05, 0) is 24.6 Å². The van der Waals surface area contributed by atoms with Crippen molar-refractivity contribution in [1.29, 1.82) is 0 Å². The summed E-state index contributed by atoms with van der Waals surface area (Å²) in [7, 11) is 4.38. The molecule has 88 valence electrons. The number of benzene rings is 1. The van der Waals surface area contributed by atoms with Crippen molar-refractivity contribution < 1.29 is 12.4 Å². The lowest BCUT2D eigenvalue weighted by Gasteiger charge is -2.30. The van der Waals surface area contributed by atoms with Crippen molar-refractivity contribution in [3.05, 3.63) is 48.6 Å². The molecule has 0 aromatic heterocycles. The smallest absolute Gasteiger partial charge is 0.139 e. The van der Waals surface area contributed by atoms with E-state index in [-0.39, 0.29) is 12.4 Å². The third kappa shape index (κ3) is 3.51. The zero-order valence-electron chi connectivity index (χ0n) is 10.3. The summed E-state index contributed by atoms with van der Waals surface area (Å²) >= 11 is 0. The topological polar surface area (TPSA) is 0 Å². The number of likely N-dealkylation sites (N-methyl/N-ethyl adjacent to an activating group) is 1. The largest absolute Gasteiger partial charge is 1.00 e. The molecule has 0 saturated carbocycles. The maximum atomic E-state index is 3.98. The van der Waals surface area contributed by atoms with E-state index < -0.39 is 0 Å². The number of rotatable bonds is 4. The number of nitrogens with zero attached hydrogens (tertiary/aromatic N) is 1. The van der Waals surface area contributed by atoms with Crippen LogP contribution in [-0.4, -0.2) is 20.6 Å². The second-order valence-electron chi connectivity index (χ2n) is 4.56. The molecule has 0 fully saturated rings. The van der Waals surface area contributed by atoms with Crippen LogP contribution in [0.2, 0.25) is 0 Å². The van der Waals surface area contributed by atoms with Crippen LogP contribution in [0.15, 0.2) is 43.0 Å². The molecule has 0 aliphatic carbocycles. The Bertz CT molecular complexity index is 380. The highest BCUT2D eigenvalue weighted by Gasteiger charge is 2.20. The van der Waals surface area contributed by atoms with Crippen LogP contribution in [0.1, 0.15) is 12.5 Å². The summed E-state index contributed by atoms with van der Waals surface area (Å²) in [5.74, 6) is 0. The zero-order chi connectivity index (χ0) is 11.5. The van der Waals surface area contributed by atoms with E-state index in [0.717, 1.165) is 11.0 Å². The Morgan fingerprint density at radius 2 is 1.88 bits per heavy atom. The van der Waals surface area contributed by atoms with Gasteiger partial charge >= 0.3 is 0 Å². The quantitative estimate of drug-likeness (QED) is 0.528.